The minimum absolute atomic E-state index is 0.0540. The predicted octanol–water partition coefficient (Wildman–Crippen LogP) is 2.71. The monoisotopic (exact) mass is 347 g/mol. The number of carbonyl (C=O) groups is 1. The molecule has 0 saturated heterocycles. The molecule has 126 valence electrons. The molecule has 1 aromatic carbocycles. The number of hydrogen-bond acceptors (Lipinski definition) is 4. The van der Waals surface area contributed by atoms with Crippen LogP contribution >= 0.6 is 11.3 Å². The molecule has 0 aliphatic carbocycles. The van der Waals surface area contributed by atoms with Crippen molar-refractivity contribution < 1.29 is 14.3 Å². The smallest absolute Gasteiger partial charge is 0.261 e. The lowest BCUT2D eigenvalue weighted by Crippen LogP contribution is -2.24. The number of fused-ring (bicyclic) bond motifs is 1. The summed E-state index contributed by atoms with van der Waals surface area (Å²) in [6, 6.07) is 8.16. The Morgan fingerprint density at radius 2 is 2.12 bits per heavy atom. The van der Waals surface area contributed by atoms with E-state index in [-0.39, 0.29) is 18.3 Å². The Labute approximate surface area is 142 Å². The van der Waals surface area contributed by atoms with E-state index in [4.69, 9.17) is 5.11 Å². The minimum Gasteiger partial charge on any atom is -0.396 e. The molecule has 0 radical (unpaired) electrons. The predicted molar refractivity (Wildman–Crippen MR) is 91.9 cm³/mol. The molecule has 0 spiro atoms. The molecule has 3 aromatic rings. The fourth-order valence-electron chi connectivity index (χ4n) is 2.46. The normalized spacial score (nSPS) is 11.1. The van der Waals surface area contributed by atoms with Crippen molar-refractivity contribution in [1.29, 1.82) is 0 Å². The number of aryl methyl sites for hydroxylation is 1. The third-order valence-corrected chi connectivity index (χ3v) is 4.84. The number of amides is 1. The summed E-state index contributed by atoms with van der Waals surface area (Å²) in [6.45, 7) is 2.93. The van der Waals surface area contributed by atoms with Gasteiger partial charge in [-0.05, 0) is 37.1 Å². The lowest BCUT2D eigenvalue weighted by Gasteiger charge is -2.03. The van der Waals surface area contributed by atoms with Gasteiger partial charge in [-0.1, -0.05) is 12.1 Å². The number of aliphatic hydroxyl groups excluding tert-OH is 1. The van der Waals surface area contributed by atoms with Crippen LogP contribution in [0.15, 0.2) is 30.3 Å². The van der Waals surface area contributed by atoms with Gasteiger partial charge in [0, 0.05) is 18.5 Å². The number of benzene rings is 1. The number of thiophene rings is 1. The first-order chi connectivity index (χ1) is 11.6. The van der Waals surface area contributed by atoms with Crippen molar-refractivity contribution in [2.45, 2.75) is 19.9 Å². The van der Waals surface area contributed by atoms with Crippen molar-refractivity contribution in [3.63, 3.8) is 0 Å². The molecule has 0 saturated carbocycles. The SMILES string of the molecule is Cc1nn(Cc2ccc(F)cc2)c2sc(C(=O)NCCCO)cc12. The summed E-state index contributed by atoms with van der Waals surface area (Å²) in [5.41, 5.74) is 1.81. The van der Waals surface area contributed by atoms with E-state index >= 15 is 0 Å². The fourth-order valence-corrected chi connectivity index (χ4v) is 3.54. The topological polar surface area (TPSA) is 67.2 Å². The molecule has 0 unspecified atom stereocenters. The minimum atomic E-state index is -0.265. The summed E-state index contributed by atoms with van der Waals surface area (Å²) in [5, 5.41) is 17.0. The van der Waals surface area contributed by atoms with Gasteiger partial charge in [-0.25, -0.2) is 4.39 Å². The Bertz CT molecular complexity index is 855. The van der Waals surface area contributed by atoms with Crippen LogP contribution < -0.4 is 5.32 Å². The number of halogens is 1. The highest BCUT2D eigenvalue weighted by Gasteiger charge is 2.16. The van der Waals surface area contributed by atoms with Crippen LogP contribution in [0.3, 0.4) is 0 Å². The van der Waals surface area contributed by atoms with Crippen LogP contribution in [-0.4, -0.2) is 33.9 Å². The maximum Gasteiger partial charge on any atom is 0.261 e. The molecule has 3 rings (SSSR count). The zero-order valence-electron chi connectivity index (χ0n) is 13.3. The first-order valence-electron chi connectivity index (χ1n) is 7.69. The van der Waals surface area contributed by atoms with Crippen LogP contribution in [0.1, 0.15) is 27.3 Å². The number of aromatic nitrogens is 2. The molecule has 0 aliphatic heterocycles. The second-order valence-corrected chi connectivity index (χ2v) is 6.56. The van der Waals surface area contributed by atoms with E-state index in [0.717, 1.165) is 21.5 Å². The lowest BCUT2D eigenvalue weighted by atomic mass is 10.2. The Morgan fingerprint density at radius 3 is 2.83 bits per heavy atom. The van der Waals surface area contributed by atoms with Crippen LogP contribution in [0.25, 0.3) is 10.2 Å². The van der Waals surface area contributed by atoms with Gasteiger partial charge in [0.2, 0.25) is 0 Å². The second-order valence-electron chi connectivity index (χ2n) is 5.53. The fraction of sp³-hybridized carbons (Fsp3) is 0.294. The van der Waals surface area contributed by atoms with Crippen molar-refractivity contribution in [2.75, 3.05) is 13.2 Å². The standard InChI is InChI=1S/C17H18FN3O2S/c1-11-14-9-15(16(23)19-7-2-8-22)24-17(14)21(20-11)10-12-3-5-13(18)6-4-12/h3-6,9,22H,2,7-8,10H2,1H3,(H,19,23). The Morgan fingerprint density at radius 1 is 1.38 bits per heavy atom. The number of aliphatic hydroxyl groups is 1. The molecule has 0 aliphatic rings. The Hall–Kier alpha value is -2.25. The van der Waals surface area contributed by atoms with Crippen LogP contribution in [0.2, 0.25) is 0 Å². The van der Waals surface area contributed by atoms with Gasteiger partial charge in [-0.3, -0.25) is 9.48 Å². The third kappa shape index (κ3) is 3.47. The molecule has 2 heterocycles. The van der Waals surface area contributed by atoms with Crippen LogP contribution in [0.4, 0.5) is 4.39 Å². The third-order valence-electron chi connectivity index (χ3n) is 3.70. The first kappa shape index (κ1) is 16.6. The van der Waals surface area contributed by atoms with E-state index in [2.05, 4.69) is 10.4 Å². The molecular formula is C17H18FN3O2S. The van der Waals surface area contributed by atoms with E-state index in [9.17, 15) is 9.18 Å². The average molecular weight is 347 g/mol. The highest BCUT2D eigenvalue weighted by atomic mass is 32.1. The van der Waals surface area contributed by atoms with Gasteiger partial charge in [-0.2, -0.15) is 5.10 Å². The maximum atomic E-state index is 13.0. The van der Waals surface area contributed by atoms with Gasteiger partial charge in [0.25, 0.3) is 5.91 Å². The van der Waals surface area contributed by atoms with Gasteiger partial charge in [-0.15, -0.1) is 11.3 Å². The van der Waals surface area contributed by atoms with E-state index in [1.54, 1.807) is 12.1 Å². The quantitative estimate of drug-likeness (QED) is 0.674. The van der Waals surface area contributed by atoms with Gasteiger partial charge in [0.1, 0.15) is 10.6 Å². The van der Waals surface area contributed by atoms with Crippen molar-refractivity contribution in [2.24, 2.45) is 0 Å². The molecule has 1 amide bonds. The van der Waals surface area contributed by atoms with Gasteiger partial charge in [0.05, 0.1) is 17.1 Å². The van der Waals surface area contributed by atoms with E-state index in [1.165, 1.54) is 23.5 Å². The molecule has 0 fully saturated rings. The van der Waals surface area contributed by atoms with Gasteiger partial charge < -0.3 is 10.4 Å². The van der Waals surface area contributed by atoms with Crippen LogP contribution in [-0.2, 0) is 6.54 Å². The summed E-state index contributed by atoms with van der Waals surface area (Å²) in [5.74, 6) is -0.407. The lowest BCUT2D eigenvalue weighted by molar-refractivity contribution is 0.0955. The summed E-state index contributed by atoms with van der Waals surface area (Å²) in [4.78, 5) is 13.7. The number of carbonyl (C=O) groups excluding carboxylic acids is 1. The molecular weight excluding hydrogens is 329 g/mol. The molecule has 0 bridgehead atoms. The molecule has 2 aromatic heterocycles. The summed E-state index contributed by atoms with van der Waals surface area (Å²) < 4.78 is 14.9. The van der Waals surface area contributed by atoms with E-state index in [1.807, 2.05) is 17.7 Å². The molecule has 2 N–H and O–H groups in total. The largest absolute Gasteiger partial charge is 0.396 e. The summed E-state index contributed by atoms with van der Waals surface area (Å²) in [6.07, 6.45) is 0.536. The van der Waals surface area contributed by atoms with Crippen molar-refractivity contribution in [3.8, 4) is 0 Å². The van der Waals surface area contributed by atoms with Gasteiger partial charge in [0.15, 0.2) is 0 Å². The average Bonchev–Trinajstić information content (AvgIpc) is 3.12. The highest BCUT2D eigenvalue weighted by molar-refractivity contribution is 7.20. The Balaban J connectivity index is 1.84. The number of nitrogens with one attached hydrogen (secondary N) is 1. The molecule has 24 heavy (non-hydrogen) atoms. The summed E-state index contributed by atoms with van der Waals surface area (Å²) in [7, 11) is 0. The number of nitrogens with zero attached hydrogens (tertiary/aromatic N) is 2. The maximum absolute atomic E-state index is 13.0. The second kappa shape index (κ2) is 7.11. The molecule has 5 nitrogen and oxygen atoms in total. The zero-order valence-corrected chi connectivity index (χ0v) is 14.1. The Kier molecular flexibility index (Phi) is 4.92. The van der Waals surface area contributed by atoms with Gasteiger partial charge >= 0.3 is 0 Å². The molecule has 0 atom stereocenters. The number of hydrogen-bond donors (Lipinski definition) is 2. The van der Waals surface area contributed by atoms with Crippen LogP contribution in [0, 0.1) is 12.7 Å². The molecule has 7 heteroatoms. The van der Waals surface area contributed by atoms with Crippen molar-refractivity contribution in [1.82, 2.24) is 15.1 Å². The van der Waals surface area contributed by atoms with E-state index in [0.29, 0.717) is 24.4 Å². The zero-order chi connectivity index (χ0) is 17.1. The number of rotatable bonds is 6. The highest BCUT2D eigenvalue weighted by Crippen LogP contribution is 2.28. The summed E-state index contributed by atoms with van der Waals surface area (Å²) >= 11 is 1.39. The van der Waals surface area contributed by atoms with Crippen molar-refractivity contribution in [3.05, 3.63) is 52.3 Å². The van der Waals surface area contributed by atoms with Crippen molar-refractivity contribution >= 4 is 27.5 Å². The van der Waals surface area contributed by atoms with E-state index < -0.39 is 0 Å². The first-order valence-corrected chi connectivity index (χ1v) is 8.50. The van der Waals surface area contributed by atoms with Crippen LogP contribution in [0.5, 0.6) is 0 Å².